The quantitative estimate of drug-likeness (QED) is 0.737. The van der Waals surface area contributed by atoms with E-state index in [1.165, 1.54) is 0 Å². The van der Waals surface area contributed by atoms with Crippen LogP contribution in [0.25, 0.3) is 0 Å². The highest BCUT2D eigenvalue weighted by molar-refractivity contribution is 9.09. The van der Waals surface area contributed by atoms with Gasteiger partial charge >= 0.3 is 0 Å². The van der Waals surface area contributed by atoms with E-state index in [1.807, 2.05) is 18.7 Å². The van der Waals surface area contributed by atoms with Gasteiger partial charge in [0.25, 0.3) is 0 Å². The summed E-state index contributed by atoms with van der Waals surface area (Å²) in [5, 5.41) is 1.05. The van der Waals surface area contributed by atoms with Crippen LogP contribution in [0, 0.1) is 5.92 Å². The molecule has 0 bridgehead atoms. The van der Waals surface area contributed by atoms with E-state index in [4.69, 9.17) is 4.74 Å². The van der Waals surface area contributed by atoms with Crippen LogP contribution >= 0.6 is 15.9 Å². The van der Waals surface area contributed by atoms with Gasteiger partial charge < -0.3 is 9.64 Å². The second kappa shape index (κ2) is 6.48. The molecule has 0 aromatic heterocycles. The molecule has 1 aliphatic rings. The van der Waals surface area contributed by atoms with Crippen LogP contribution in [0.1, 0.15) is 26.7 Å². The van der Waals surface area contributed by atoms with Crippen LogP contribution in [-0.4, -0.2) is 41.9 Å². The summed E-state index contributed by atoms with van der Waals surface area (Å²) >= 11 is 3.49. The molecule has 1 heterocycles. The molecule has 88 valence electrons. The third-order valence-corrected chi connectivity index (χ3v) is 3.64. The van der Waals surface area contributed by atoms with Gasteiger partial charge in [0.2, 0.25) is 5.91 Å². The van der Waals surface area contributed by atoms with Gasteiger partial charge in [0.05, 0.1) is 6.10 Å². The smallest absolute Gasteiger partial charge is 0.248 e. The van der Waals surface area contributed by atoms with Crippen molar-refractivity contribution in [3.05, 3.63) is 0 Å². The molecule has 0 radical (unpaired) electrons. The predicted octanol–water partition coefficient (Wildman–Crippen LogP) is 2.04. The Kier molecular flexibility index (Phi) is 5.61. The Balaban J connectivity index is 2.24. The lowest BCUT2D eigenvalue weighted by Gasteiger charge is -2.31. The van der Waals surface area contributed by atoms with Crippen molar-refractivity contribution in [3.63, 3.8) is 0 Å². The third-order valence-electron chi connectivity index (χ3n) is 2.73. The first-order valence-electron chi connectivity index (χ1n) is 5.58. The maximum absolute atomic E-state index is 11.7. The van der Waals surface area contributed by atoms with Crippen LogP contribution in [0.5, 0.6) is 0 Å². The number of hydrogen-bond donors (Lipinski definition) is 0. The van der Waals surface area contributed by atoms with E-state index in [2.05, 4.69) is 15.9 Å². The molecule has 3 nitrogen and oxygen atoms in total. The fourth-order valence-corrected chi connectivity index (χ4v) is 2.31. The summed E-state index contributed by atoms with van der Waals surface area (Å²) in [6.07, 6.45) is 2.35. The van der Waals surface area contributed by atoms with Crippen molar-refractivity contribution in [1.29, 1.82) is 0 Å². The Labute approximate surface area is 100 Å². The van der Waals surface area contributed by atoms with Gasteiger partial charge in [-0.15, -0.1) is 0 Å². The highest BCUT2D eigenvalue weighted by Gasteiger charge is 2.21. The summed E-state index contributed by atoms with van der Waals surface area (Å²) in [6.45, 7) is 5.90. The predicted molar refractivity (Wildman–Crippen MR) is 64.2 cm³/mol. The van der Waals surface area contributed by atoms with E-state index >= 15 is 0 Å². The molecule has 15 heavy (non-hydrogen) atoms. The molecule has 1 rings (SSSR count). The molecule has 1 amide bonds. The van der Waals surface area contributed by atoms with Gasteiger partial charge in [0.1, 0.15) is 6.61 Å². The van der Waals surface area contributed by atoms with E-state index in [0.29, 0.717) is 0 Å². The highest BCUT2D eigenvalue weighted by atomic mass is 79.9. The van der Waals surface area contributed by atoms with Crippen molar-refractivity contribution in [2.75, 3.05) is 25.0 Å². The number of ether oxygens (including phenoxy) is 1. The molecule has 1 fully saturated rings. The number of halogens is 1. The van der Waals surface area contributed by atoms with Crippen LogP contribution in [0.3, 0.4) is 0 Å². The molecule has 0 spiro atoms. The third kappa shape index (κ3) is 4.51. The maximum atomic E-state index is 11.7. The zero-order valence-electron chi connectivity index (χ0n) is 9.54. The van der Waals surface area contributed by atoms with Gasteiger partial charge in [0.15, 0.2) is 0 Å². The van der Waals surface area contributed by atoms with Gasteiger partial charge in [-0.1, -0.05) is 15.9 Å². The number of rotatable bonds is 4. The molecule has 0 N–H and O–H groups in total. The number of amides is 1. The zero-order valence-corrected chi connectivity index (χ0v) is 11.1. The van der Waals surface area contributed by atoms with Crippen molar-refractivity contribution < 1.29 is 9.53 Å². The number of piperidine rings is 1. The molecule has 0 aromatic rings. The van der Waals surface area contributed by atoms with E-state index in [1.54, 1.807) is 0 Å². The van der Waals surface area contributed by atoms with Gasteiger partial charge in [0, 0.05) is 18.4 Å². The summed E-state index contributed by atoms with van der Waals surface area (Å²) < 4.78 is 5.31. The lowest BCUT2D eigenvalue weighted by molar-refractivity contribution is -0.138. The largest absolute Gasteiger partial charge is 0.369 e. The lowest BCUT2D eigenvalue weighted by Crippen LogP contribution is -2.41. The summed E-state index contributed by atoms with van der Waals surface area (Å²) in [4.78, 5) is 13.6. The molecule has 0 aliphatic carbocycles. The first-order valence-corrected chi connectivity index (χ1v) is 6.71. The minimum Gasteiger partial charge on any atom is -0.369 e. The summed E-state index contributed by atoms with van der Waals surface area (Å²) in [5.41, 5.74) is 0. The Morgan fingerprint density at radius 3 is 2.53 bits per heavy atom. The van der Waals surface area contributed by atoms with Crippen LogP contribution in [-0.2, 0) is 9.53 Å². The fraction of sp³-hybridized carbons (Fsp3) is 0.909. The summed E-state index contributed by atoms with van der Waals surface area (Å²) in [5.74, 6) is 0.872. The van der Waals surface area contributed by atoms with Gasteiger partial charge in [-0.3, -0.25) is 4.79 Å². The Bertz CT molecular complexity index is 201. The van der Waals surface area contributed by atoms with Crippen molar-refractivity contribution in [1.82, 2.24) is 4.90 Å². The molecule has 0 unspecified atom stereocenters. The van der Waals surface area contributed by atoms with E-state index < -0.39 is 0 Å². The van der Waals surface area contributed by atoms with Crippen molar-refractivity contribution >= 4 is 21.8 Å². The first-order chi connectivity index (χ1) is 7.13. The highest BCUT2D eigenvalue weighted by Crippen LogP contribution is 2.18. The molecular formula is C11H20BrNO2. The number of nitrogens with zero attached hydrogens (tertiary/aromatic N) is 1. The SMILES string of the molecule is CC(C)OCC(=O)N1CCC(CBr)CC1. The number of likely N-dealkylation sites (tertiary alicyclic amines) is 1. The summed E-state index contributed by atoms with van der Waals surface area (Å²) in [6, 6.07) is 0. The monoisotopic (exact) mass is 277 g/mol. The number of alkyl halides is 1. The standard InChI is InChI=1S/C11H20BrNO2/c1-9(2)15-8-11(14)13-5-3-10(7-12)4-6-13/h9-10H,3-8H2,1-2H3. The number of carbonyl (C=O) groups excluding carboxylic acids is 1. The average Bonchev–Trinajstić information content (AvgIpc) is 2.26. The second-order valence-electron chi connectivity index (χ2n) is 4.34. The average molecular weight is 278 g/mol. The van der Waals surface area contributed by atoms with E-state index in [9.17, 15) is 4.79 Å². The molecule has 0 aromatic carbocycles. The van der Waals surface area contributed by atoms with Crippen LogP contribution in [0.4, 0.5) is 0 Å². The lowest BCUT2D eigenvalue weighted by atomic mass is 9.99. The van der Waals surface area contributed by atoms with Crippen molar-refractivity contribution in [2.45, 2.75) is 32.8 Å². The normalized spacial score (nSPS) is 18.5. The van der Waals surface area contributed by atoms with Gasteiger partial charge in [-0.25, -0.2) is 0 Å². The summed E-state index contributed by atoms with van der Waals surface area (Å²) in [7, 11) is 0. The zero-order chi connectivity index (χ0) is 11.3. The van der Waals surface area contributed by atoms with Crippen LogP contribution in [0.15, 0.2) is 0 Å². The molecule has 4 heteroatoms. The maximum Gasteiger partial charge on any atom is 0.248 e. The number of hydrogen-bond acceptors (Lipinski definition) is 2. The molecule has 1 aliphatic heterocycles. The first kappa shape index (κ1) is 13.0. The minimum atomic E-state index is 0.133. The Morgan fingerprint density at radius 1 is 1.47 bits per heavy atom. The molecule has 1 saturated heterocycles. The van der Waals surface area contributed by atoms with Gasteiger partial charge in [-0.05, 0) is 32.6 Å². The van der Waals surface area contributed by atoms with Crippen molar-refractivity contribution in [3.8, 4) is 0 Å². The fourth-order valence-electron chi connectivity index (χ4n) is 1.67. The van der Waals surface area contributed by atoms with E-state index in [0.717, 1.165) is 37.2 Å². The van der Waals surface area contributed by atoms with Gasteiger partial charge in [-0.2, -0.15) is 0 Å². The Morgan fingerprint density at radius 2 is 2.07 bits per heavy atom. The topological polar surface area (TPSA) is 29.5 Å². The minimum absolute atomic E-state index is 0.133. The van der Waals surface area contributed by atoms with E-state index in [-0.39, 0.29) is 18.6 Å². The Hall–Kier alpha value is -0.0900. The molecule has 0 atom stereocenters. The molecular weight excluding hydrogens is 258 g/mol. The molecule has 0 saturated carbocycles. The van der Waals surface area contributed by atoms with Crippen LogP contribution < -0.4 is 0 Å². The second-order valence-corrected chi connectivity index (χ2v) is 4.99. The van der Waals surface area contributed by atoms with Crippen molar-refractivity contribution in [2.24, 2.45) is 5.92 Å². The number of carbonyl (C=O) groups is 1. The van der Waals surface area contributed by atoms with Crippen LogP contribution in [0.2, 0.25) is 0 Å².